The van der Waals surface area contributed by atoms with Gasteiger partial charge < -0.3 is 19.8 Å². The molecule has 268 valence electrons. The molecule has 1 amide bonds. The average molecular weight is 662 g/mol. The van der Waals surface area contributed by atoms with Gasteiger partial charge in [-0.2, -0.15) is 0 Å². The number of hydrogen-bond donors (Lipinski definition) is 3. The molecular formula is C36H74N2O6P+. The van der Waals surface area contributed by atoms with Gasteiger partial charge in [-0.15, -0.1) is 0 Å². The predicted octanol–water partition coefficient (Wildman–Crippen LogP) is 9.24. The third-order valence-corrected chi connectivity index (χ3v) is 9.25. The van der Waals surface area contributed by atoms with E-state index < -0.39 is 20.0 Å². The highest BCUT2D eigenvalue weighted by molar-refractivity contribution is 7.47. The third kappa shape index (κ3) is 31.6. The molecule has 0 radical (unpaired) electrons. The summed E-state index contributed by atoms with van der Waals surface area (Å²) in [6.45, 7) is 4.82. The van der Waals surface area contributed by atoms with Gasteiger partial charge in [0, 0.05) is 6.42 Å². The Labute approximate surface area is 278 Å². The molecule has 3 N–H and O–H groups in total. The highest BCUT2D eigenvalue weighted by Crippen LogP contribution is 2.43. The molecule has 0 rings (SSSR count). The van der Waals surface area contributed by atoms with E-state index in [-0.39, 0.29) is 19.1 Å². The number of hydrogen-bond acceptors (Lipinski definition) is 5. The van der Waals surface area contributed by atoms with Crippen LogP contribution in [0, 0.1) is 0 Å². The van der Waals surface area contributed by atoms with E-state index in [1.54, 1.807) is 0 Å². The Kier molecular flexibility index (Phi) is 28.9. The summed E-state index contributed by atoms with van der Waals surface area (Å²) in [6.07, 6.45) is 29.5. The van der Waals surface area contributed by atoms with Crippen molar-refractivity contribution < 1.29 is 32.9 Å². The summed E-state index contributed by atoms with van der Waals surface area (Å²) in [5, 5.41) is 13.8. The summed E-state index contributed by atoms with van der Waals surface area (Å²) < 4.78 is 23.4. The highest BCUT2D eigenvalue weighted by Gasteiger charge is 2.28. The second kappa shape index (κ2) is 29.4. The molecule has 3 atom stereocenters. The van der Waals surface area contributed by atoms with Gasteiger partial charge in [0.25, 0.3) is 0 Å². The summed E-state index contributed by atoms with van der Waals surface area (Å²) in [7, 11) is 1.60. The van der Waals surface area contributed by atoms with Crippen LogP contribution >= 0.6 is 7.82 Å². The minimum Gasteiger partial charge on any atom is -0.391 e. The van der Waals surface area contributed by atoms with Crippen LogP contribution in [-0.2, 0) is 18.4 Å². The number of carbonyl (C=O) groups excluding carboxylic acids is 1. The van der Waals surface area contributed by atoms with Crippen molar-refractivity contribution in [3.8, 4) is 0 Å². The molecule has 0 fully saturated rings. The molecule has 0 aliphatic carbocycles. The van der Waals surface area contributed by atoms with Crippen LogP contribution in [0.1, 0.15) is 162 Å². The van der Waals surface area contributed by atoms with E-state index >= 15 is 0 Å². The van der Waals surface area contributed by atoms with Gasteiger partial charge in [-0.1, -0.05) is 129 Å². The SMILES string of the molecule is CCCCCCC/C=C/CCCC[C@@H](O)[C@H](COP(=O)(O)OCC[N+](C)(C)C)NC(=O)CCCCCCCCCCCCCC. The predicted molar refractivity (Wildman–Crippen MR) is 189 cm³/mol. The smallest absolute Gasteiger partial charge is 0.391 e. The van der Waals surface area contributed by atoms with Crippen LogP contribution in [0.2, 0.25) is 0 Å². The van der Waals surface area contributed by atoms with Crippen molar-refractivity contribution in [3.63, 3.8) is 0 Å². The standard InChI is InChI=1S/C36H73N2O6P/c1-6-8-10-12-14-16-18-20-22-24-26-28-30-36(40)37-34(33-44-45(41,42)43-32-31-38(3,4)5)35(39)29-27-25-23-21-19-17-15-13-11-9-7-2/h19,21,34-35,39H,6-18,20,22-33H2,1-5H3,(H-,37,40,41,42)/p+1/b21-19+/t34-,35+/m0/s1. The number of allylic oxidation sites excluding steroid dienone is 2. The summed E-state index contributed by atoms with van der Waals surface area (Å²) >= 11 is 0. The number of phosphoric ester groups is 1. The summed E-state index contributed by atoms with van der Waals surface area (Å²) in [4.78, 5) is 22.9. The first-order valence-corrected chi connectivity index (χ1v) is 20.0. The van der Waals surface area contributed by atoms with Crippen LogP contribution in [0.25, 0.3) is 0 Å². The van der Waals surface area contributed by atoms with Gasteiger partial charge >= 0.3 is 7.82 Å². The Hall–Kier alpha value is -0.760. The molecule has 0 saturated carbocycles. The number of nitrogens with zero attached hydrogens (tertiary/aromatic N) is 1. The summed E-state index contributed by atoms with van der Waals surface area (Å²) in [5.74, 6) is -0.157. The van der Waals surface area contributed by atoms with Crippen LogP contribution in [0.15, 0.2) is 12.2 Å². The van der Waals surface area contributed by atoms with Crippen molar-refractivity contribution in [2.24, 2.45) is 0 Å². The monoisotopic (exact) mass is 662 g/mol. The lowest BCUT2D eigenvalue weighted by atomic mass is 10.0. The zero-order chi connectivity index (χ0) is 33.7. The Morgan fingerprint density at radius 2 is 1.20 bits per heavy atom. The Morgan fingerprint density at radius 1 is 0.733 bits per heavy atom. The fourth-order valence-corrected chi connectivity index (χ4v) is 5.95. The maximum absolute atomic E-state index is 12.8. The van der Waals surface area contributed by atoms with Crippen molar-refractivity contribution in [2.75, 3.05) is 40.9 Å². The summed E-state index contributed by atoms with van der Waals surface area (Å²) in [5.41, 5.74) is 0. The fourth-order valence-electron chi connectivity index (χ4n) is 5.21. The molecule has 45 heavy (non-hydrogen) atoms. The lowest BCUT2D eigenvalue weighted by Gasteiger charge is -2.26. The molecule has 0 saturated heterocycles. The average Bonchev–Trinajstić information content (AvgIpc) is 2.97. The van der Waals surface area contributed by atoms with E-state index in [4.69, 9.17) is 9.05 Å². The molecule has 0 aliphatic heterocycles. The second-order valence-corrected chi connectivity index (χ2v) is 15.4. The van der Waals surface area contributed by atoms with E-state index in [1.807, 2.05) is 21.1 Å². The van der Waals surface area contributed by atoms with Crippen molar-refractivity contribution in [3.05, 3.63) is 12.2 Å². The van der Waals surface area contributed by atoms with Crippen molar-refractivity contribution in [2.45, 2.75) is 174 Å². The Bertz CT molecular complexity index is 758. The summed E-state index contributed by atoms with van der Waals surface area (Å²) in [6, 6.07) is -0.768. The molecule has 8 nitrogen and oxygen atoms in total. The normalized spacial score (nSPS) is 14.9. The van der Waals surface area contributed by atoms with Crippen LogP contribution in [0.3, 0.4) is 0 Å². The topological polar surface area (TPSA) is 105 Å². The lowest BCUT2D eigenvalue weighted by Crippen LogP contribution is -2.46. The number of nitrogens with one attached hydrogen (secondary N) is 1. The van der Waals surface area contributed by atoms with Gasteiger partial charge in [0.1, 0.15) is 13.2 Å². The second-order valence-electron chi connectivity index (χ2n) is 14.0. The molecule has 0 aliphatic rings. The maximum Gasteiger partial charge on any atom is 0.472 e. The van der Waals surface area contributed by atoms with Crippen molar-refractivity contribution in [1.29, 1.82) is 0 Å². The molecule has 0 aromatic rings. The highest BCUT2D eigenvalue weighted by atomic mass is 31.2. The molecular weight excluding hydrogens is 587 g/mol. The minimum atomic E-state index is -4.30. The first kappa shape index (κ1) is 44.2. The van der Waals surface area contributed by atoms with E-state index in [2.05, 4.69) is 31.3 Å². The molecule has 1 unspecified atom stereocenters. The van der Waals surface area contributed by atoms with Crippen molar-refractivity contribution >= 4 is 13.7 Å². The number of aliphatic hydroxyl groups is 1. The molecule has 0 spiro atoms. The number of aliphatic hydroxyl groups excluding tert-OH is 1. The Balaban J connectivity index is 4.52. The van der Waals surface area contributed by atoms with E-state index in [0.717, 1.165) is 44.9 Å². The molecule has 0 aromatic carbocycles. The van der Waals surface area contributed by atoms with Gasteiger partial charge in [-0.3, -0.25) is 13.8 Å². The largest absolute Gasteiger partial charge is 0.472 e. The zero-order valence-electron chi connectivity index (χ0n) is 30.1. The van der Waals surface area contributed by atoms with E-state index in [9.17, 15) is 19.4 Å². The van der Waals surface area contributed by atoms with E-state index in [1.165, 1.54) is 89.9 Å². The number of phosphoric acid groups is 1. The minimum absolute atomic E-state index is 0.0715. The zero-order valence-corrected chi connectivity index (χ0v) is 31.0. The maximum atomic E-state index is 12.8. The lowest BCUT2D eigenvalue weighted by molar-refractivity contribution is -0.870. The molecule has 0 heterocycles. The third-order valence-electron chi connectivity index (χ3n) is 8.26. The van der Waals surface area contributed by atoms with Gasteiger partial charge in [0.05, 0.1) is 39.9 Å². The first-order valence-electron chi connectivity index (χ1n) is 18.6. The molecule has 9 heteroatoms. The molecule has 0 aromatic heterocycles. The number of rotatable bonds is 33. The molecule has 0 bridgehead atoms. The number of unbranched alkanes of at least 4 members (excludes halogenated alkanes) is 18. The number of amides is 1. The fraction of sp³-hybridized carbons (Fsp3) is 0.917. The Morgan fingerprint density at radius 3 is 1.71 bits per heavy atom. The van der Waals surface area contributed by atoms with Gasteiger partial charge in [-0.25, -0.2) is 4.57 Å². The van der Waals surface area contributed by atoms with Gasteiger partial charge in [0.15, 0.2) is 0 Å². The first-order chi connectivity index (χ1) is 21.5. The van der Waals surface area contributed by atoms with Gasteiger partial charge in [0.2, 0.25) is 5.91 Å². The number of likely N-dealkylation sites (N-methyl/N-ethyl adjacent to an activating group) is 1. The van der Waals surface area contributed by atoms with E-state index in [0.29, 0.717) is 23.9 Å². The van der Waals surface area contributed by atoms with Crippen LogP contribution in [0.4, 0.5) is 0 Å². The van der Waals surface area contributed by atoms with Crippen LogP contribution < -0.4 is 5.32 Å². The number of quaternary nitrogens is 1. The quantitative estimate of drug-likeness (QED) is 0.0280. The van der Waals surface area contributed by atoms with Gasteiger partial charge in [-0.05, 0) is 38.5 Å². The number of carbonyl (C=O) groups is 1. The van der Waals surface area contributed by atoms with Crippen LogP contribution in [-0.4, -0.2) is 73.4 Å². The van der Waals surface area contributed by atoms with Crippen molar-refractivity contribution in [1.82, 2.24) is 5.32 Å². The van der Waals surface area contributed by atoms with Crippen LogP contribution in [0.5, 0.6) is 0 Å².